The summed E-state index contributed by atoms with van der Waals surface area (Å²) in [5.74, 6) is 2.30. The predicted molar refractivity (Wildman–Crippen MR) is 132 cm³/mol. The quantitative estimate of drug-likeness (QED) is 0.214. The summed E-state index contributed by atoms with van der Waals surface area (Å²) in [6.07, 6.45) is 2.33. The Morgan fingerprint density at radius 1 is 1.14 bits per heavy atom. The molecule has 2 rings (SSSR count). The van der Waals surface area contributed by atoms with Gasteiger partial charge in [0.2, 0.25) is 0 Å². The minimum atomic E-state index is 0. The maximum atomic E-state index is 5.76. The fraction of sp³-hybridized carbons (Fsp3) is 0.682. The fourth-order valence-corrected chi connectivity index (χ4v) is 3.09. The van der Waals surface area contributed by atoms with E-state index < -0.39 is 0 Å². The van der Waals surface area contributed by atoms with E-state index in [9.17, 15) is 0 Å². The second kappa shape index (κ2) is 14.8. The highest BCUT2D eigenvalue weighted by Crippen LogP contribution is 2.18. The Morgan fingerprint density at radius 2 is 1.83 bits per heavy atom. The molecular formula is C22H39IN4O2. The molecule has 0 radical (unpaired) electrons. The highest BCUT2D eigenvalue weighted by atomic mass is 127. The van der Waals surface area contributed by atoms with Gasteiger partial charge in [0, 0.05) is 26.7 Å². The van der Waals surface area contributed by atoms with Crippen LogP contribution in [-0.2, 0) is 4.74 Å². The Bertz CT molecular complexity index is 575. The van der Waals surface area contributed by atoms with Crippen LogP contribution in [0.5, 0.6) is 5.75 Å². The van der Waals surface area contributed by atoms with Crippen LogP contribution in [0.3, 0.4) is 0 Å². The van der Waals surface area contributed by atoms with Crippen molar-refractivity contribution >= 4 is 29.9 Å². The molecular weight excluding hydrogens is 479 g/mol. The molecule has 2 N–H and O–H groups in total. The molecule has 1 saturated heterocycles. The lowest BCUT2D eigenvalue weighted by atomic mass is 10.1. The summed E-state index contributed by atoms with van der Waals surface area (Å²) < 4.78 is 11.1. The van der Waals surface area contributed by atoms with Gasteiger partial charge < -0.3 is 20.1 Å². The van der Waals surface area contributed by atoms with Crippen molar-refractivity contribution in [3.05, 3.63) is 29.8 Å². The first-order valence-corrected chi connectivity index (χ1v) is 10.6. The number of rotatable bonds is 10. The third kappa shape index (κ3) is 10.5. The Morgan fingerprint density at radius 3 is 2.45 bits per heavy atom. The van der Waals surface area contributed by atoms with E-state index in [0.717, 1.165) is 64.1 Å². The molecule has 0 spiro atoms. The van der Waals surface area contributed by atoms with Gasteiger partial charge in [-0.2, -0.15) is 0 Å². The summed E-state index contributed by atoms with van der Waals surface area (Å²) in [6, 6.07) is 8.49. The van der Waals surface area contributed by atoms with Crippen LogP contribution in [0.25, 0.3) is 0 Å². The lowest BCUT2D eigenvalue weighted by Crippen LogP contribution is -2.39. The summed E-state index contributed by atoms with van der Waals surface area (Å²) in [5.41, 5.74) is 1.21. The molecule has 6 nitrogen and oxygen atoms in total. The van der Waals surface area contributed by atoms with Crippen LogP contribution >= 0.6 is 24.0 Å². The number of benzene rings is 1. The number of guanidine groups is 1. The summed E-state index contributed by atoms with van der Waals surface area (Å²) in [5, 5.41) is 6.89. The van der Waals surface area contributed by atoms with Crippen LogP contribution in [0, 0.1) is 5.92 Å². The van der Waals surface area contributed by atoms with Gasteiger partial charge in [-0.15, -0.1) is 24.0 Å². The SMILES string of the molecule is CN=C(NCCCCN1CCOCC1)NC(C)c1ccc(OCC(C)C)cc1.I. The smallest absolute Gasteiger partial charge is 0.191 e. The molecule has 1 atom stereocenters. The van der Waals surface area contributed by atoms with Gasteiger partial charge in [0.1, 0.15) is 5.75 Å². The maximum Gasteiger partial charge on any atom is 0.191 e. The minimum absolute atomic E-state index is 0. The molecule has 1 aromatic carbocycles. The molecule has 1 unspecified atom stereocenters. The number of hydrogen-bond donors (Lipinski definition) is 2. The number of hydrogen-bond acceptors (Lipinski definition) is 4. The van der Waals surface area contributed by atoms with Crippen molar-refractivity contribution in [2.24, 2.45) is 10.9 Å². The average molecular weight is 518 g/mol. The van der Waals surface area contributed by atoms with Crippen molar-refractivity contribution in [2.45, 2.75) is 39.7 Å². The molecule has 0 bridgehead atoms. The van der Waals surface area contributed by atoms with Crippen molar-refractivity contribution < 1.29 is 9.47 Å². The van der Waals surface area contributed by atoms with Gasteiger partial charge in [-0.3, -0.25) is 9.89 Å². The first-order chi connectivity index (χ1) is 13.6. The number of ether oxygens (including phenoxy) is 2. The van der Waals surface area contributed by atoms with Gasteiger partial charge >= 0.3 is 0 Å². The lowest BCUT2D eigenvalue weighted by molar-refractivity contribution is 0.0372. The number of nitrogens with zero attached hydrogens (tertiary/aromatic N) is 2. The van der Waals surface area contributed by atoms with E-state index in [1.165, 1.54) is 12.0 Å². The Balaban J connectivity index is 0.00000420. The van der Waals surface area contributed by atoms with Crippen LogP contribution in [-0.4, -0.2) is 63.9 Å². The zero-order valence-corrected chi connectivity index (χ0v) is 20.8. The molecule has 1 heterocycles. The van der Waals surface area contributed by atoms with Gasteiger partial charge in [-0.1, -0.05) is 26.0 Å². The second-order valence-corrected chi connectivity index (χ2v) is 7.80. The maximum absolute atomic E-state index is 5.76. The number of nitrogens with one attached hydrogen (secondary N) is 2. The Labute approximate surface area is 193 Å². The molecule has 1 aliphatic heterocycles. The zero-order valence-electron chi connectivity index (χ0n) is 18.4. The van der Waals surface area contributed by atoms with E-state index in [1.54, 1.807) is 0 Å². The van der Waals surface area contributed by atoms with E-state index >= 15 is 0 Å². The van der Waals surface area contributed by atoms with Crippen molar-refractivity contribution in [2.75, 3.05) is 53.0 Å². The molecule has 1 aromatic rings. The highest BCUT2D eigenvalue weighted by molar-refractivity contribution is 14.0. The van der Waals surface area contributed by atoms with Crippen LogP contribution in [0.4, 0.5) is 0 Å². The molecule has 1 aliphatic rings. The largest absolute Gasteiger partial charge is 0.493 e. The number of aliphatic imine (C=N–C) groups is 1. The summed E-state index contributed by atoms with van der Waals surface area (Å²) in [6.45, 7) is 13.2. The number of unbranched alkanes of at least 4 members (excludes halogenated alkanes) is 1. The normalized spacial score (nSPS) is 16.2. The van der Waals surface area contributed by atoms with Gasteiger partial charge in [-0.25, -0.2) is 0 Å². The Kier molecular flexibility index (Phi) is 13.3. The molecule has 1 fully saturated rings. The molecule has 7 heteroatoms. The zero-order chi connectivity index (χ0) is 20.2. The van der Waals surface area contributed by atoms with Gasteiger partial charge in [0.15, 0.2) is 5.96 Å². The molecule has 166 valence electrons. The fourth-order valence-electron chi connectivity index (χ4n) is 3.09. The van der Waals surface area contributed by atoms with Crippen LogP contribution in [0.1, 0.15) is 45.2 Å². The highest BCUT2D eigenvalue weighted by Gasteiger charge is 2.10. The van der Waals surface area contributed by atoms with Crippen LogP contribution in [0.15, 0.2) is 29.3 Å². The molecule has 0 saturated carbocycles. The van der Waals surface area contributed by atoms with E-state index in [-0.39, 0.29) is 30.0 Å². The monoisotopic (exact) mass is 518 g/mol. The standard InChI is InChI=1S/C22H38N4O2.HI/c1-18(2)17-28-21-9-7-20(8-10-21)19(3)25-22(23-4)24-11-5-6-12-26-13-15-27-16-14-26;/h7-10,18-19H,5-6,11-17H2,1-4H3,(H2,23,24,25);1H. The molecule has 29 heavy (non-hydrogen) atoms. The summed E-state index contributed by atoms with van der Waals surface area (Å²) >= 11 is 0. The van der Waals surface area contributed by atoms with Crippen molar-refractivity contribution in [1.29, 1.82) is 0 Å². The second-order valence-electron chi connectivity index (χ2n) is 7.80. The van der Waals surface area contributed by atoms with Crippen molar-refractivity contribution in [3.8, 4) is 5.75 Å². The average Bonchev–Trinajstić information content (AvgIpc) is 2.72. The van der Waals surface area contributed by atoms with Crippen LogP contribution in [0.2, 0.25) is 0 Å². The van der Waals surface area contributed by atoms with Gasteiger partial charge in [0.25, 0.3) is 0 Å². The van der Waals surface area contributed by atoms with E-state index in [4.69, 9.17) is 9.47 Å². The first kappa shape index (κ1) is 26.0. The Hall–Kier alpha value is -1.06. The summed E-state index contributed by atoms with van der Waals surface area (Å²) in [7, 11) is 1.82. The number of halogens is 1. The van der Waals surface area contributed by atoms with Crippen molar-refractivity contribution in [3.63, 3.8) is 0 Å². The molecule has 0 amide bonds. The lowest BCUT2D eigenvalue weighted by Gasteiger charge is -2.26. The first-order valence-electron chi connectivity index (χ1n) is 10.6. The van der Waals surface area contributed by atoms with E-state index in [0.29, 0.717) is 5.92 Å². The third-order valence-corrected chi connectivity index (χ3v) is 4.84. The molecule has 0 aromatic heterocycles. The minimum Gasteiger partial charge on any atom is -0.493 e. The molecule has 0 aliphatic carbocycles. The summed E-state index contributed by atoms with van der Waals surface area (Å²) in [4.78, 5) is 6.83. The van der Waals surface area contributed by atoms with Gasteiger partial charge in [-0.05, 0) is 49.9 Å². The van der Waals surface area contributed by atoms with E-state index in [2.05, 4.69) is 53.4 Å². The topological polar surface area (TPSA) is 58.1 Å². The van der Waals surface area contributed by atoms with Crippen molar-refractivity contribution in [1.82, 2.24) is 15.5 Å². The number of morpholine rings is 1. The third-order valence-electron chi connectivity index (χ3n) is 4.84. The van der Waals surface area contributed by atoms with Crippen LogP contribution < -0.4 is 15.4 Å². The van der Waals surface area contributed by atoms with Gasteiger partial charge in [0.05, 0.1) is 25.9 Å². The van der Waals surface area contributed by atoms with E-state index in [1.807, 2.05) is 19.2 Å². The predicted octanol–water partition coefficient (Wildman–Crippen LogP) is 3.68.